The van der Waals surface area contributed by atoms with E-state index in [1.807, 2.05) is 18.8 Å². The van der Waals surface area contributed by atoms with E-state index >= 15 is 0 Å². The lowest BCUT2D eigenvalue weighted by atomic mass is 10.3. The van der Waals surface area contributed by atoms with Crippen LogP contribution < -0.4 is 15.5 Å². The summed E-state index contributed by atoms with van der Waals surface area (Å²) < 4.78 is 0. The highest BCUT2D eigenvalue weighted by atomic mass is 32.2. The minimum atomic E-state index is 0.348. The van der Waals surface area contributed by atoms with Crippen LogP contribution in [0.4, 0.5) is 17.8 Å². The molecule has 1 unspecified atom stereocenters. The number of nitrogens with one attached hydrogen (secondary N) is 2. The lowest BCUT2D eigenvalue weighted by molar-refractivity contribution is 0.751. The molecule has 2 N–H and O–H groups in total. The molecule has 1 atom stereocenters. The Morgan fingerprint density at radius 1 is 1.10 bits per heavy atom. The molecule has 0 aliphatic carbocycles. The lowest BCUT2D eigenvalue weighted by Crippen LogP contribution is -2.26. The van der Waals surface area contributed by atoms with Crippen LogP contribution in [-0.2, 0) is 0 Å². The quantitative estimate of drug-likeness (QED) is 0.644. The number of nitrogens with zero attached hydrogens (tertiary/aromatic N) is 4. The number of thioether (sulfide) groups is 1. The minimum Gasteiger partial charge on any atom is -0.357 e. The molecule has 0 aliphatic rings. The van der Waals surface area contributed by atoms with Crippen LogP contribution in [0.5, 0.6) is 0 Å². The molecular formula is C14H28N6S. The summed E-state index contributed by atoms with van der Waals surface area (Å²) in [4.78, 5) is 15.5. The van der Waals surface area contributed by atoms with Gasteiger partial charge >= 0.3 is 0 Å². The van der Waals surface area contributed by atoms with Crippen LogP contribution >= 0.6 is 11.8 Å². The van der Waals surface area contributed by atoms with E-state index in [1.165, 1.54) is 0 Å². The molecule has 0 aliphatic heterocycles. The van der Waals surface area contributed by atoms with Gasteiger partial charge in [-0.1, -0.05) is 6.92 Å². The van der Waals surface area contributed by atoms with E-state index in [9.17, 15) is 0 Å². The first-order valence-corrected chi connectivity index (χ1v) is 8.83. The highest BCUT2D eigenvalue weighted by Crippen LogP contribution is 2.15. The number of hydrogen-bond acceptors (Lipinski definition) is 7. The second-order valence-corrected chi connectivity index (χ2v) is 6.13. The summed E-state index contributed by atoms with van der Waals surface area (Å²) in [5, 5.41) is 6.38. The third kappa shape index (κ3) is 5.95. The Morgan fingerprint density at radius 2 is 1.76 bits per heavy atom. The molecule has 0 bridgehead atoms. The van der Waals surface area contributed by atoms with Crippen molar-refractivity contribution in [3.8, 4) is 0 Å². The zero-order valence-electron chi connectivity index (χ0n) is 13.8. The molecule has 0 saturated heterocycles. The maximum atomic E-state index is 4.54. The van der Waals surface area contributed by atoms with Gasteiger partial charge in [0.1, 0.15) is 0 Å². The van der Waals surface area contributed by atoms with E-state index in [0.29, 0.717) is 17.9 Å². The Bertz CT molecular complexity index is 410. The molecule has 1 heterocycles. The normalized spacial score (nSPS) is 12.0. The van der Waals surface area contributed by atoms with Crippen molar-refractivity contribution in [1.29, 1.82) is 0 Å². The summed E-state index contributed by atoms with van der Waals surface area (Å²) in [6.07, 6.45) is 1.10. The molecule has 0 radical (unpaired) electrons. The van der Waals surface area contributed by atoms with Gasteiger partial charge in [0.15, 0.2) is 0 Å². The number of hydrogen-bond donors (Lipinski definition) is 2. The average molecular weight is 312 g/mol. The molecule has 0 aromatic carbocycles. The van der Waals surface area contributed by atoms with Crippen LogP contribution in [0.15, 0.2) is 0 Å². The molecule has 0 amide bonds. The first-order valence-electron chi connectivity index (χ1n) is 7.67. The molecule has 0 saturated carbocycles. The second kappa shape index (κ2) is 9.65. The summed E-state index contributed by atoms with van der Waals surface area (Å²) >= 11 is 1.96. The Kier molecular flexibility index (Phi) is 8.19. The predicted molar refractivity (Wildman–Crippen MR) is 93.6 cm³/mol. The summed E-state index contributed by atoms with van der Waals surface area (Å²) in [6.45, 7) is 10.3. The van der Waals surface area contributed by atoms with Gasteiger partial charge in [-0.2, -0.15) is 26.7 Å². The standard InChI is InChI=1S/C14H28N6S/c1-6-20(7-2)14-18-12(15-5)17-13(19-14)16-11(4)9-10-21-8-3/h11H,6-10H2,1-5H3,(H2,15,16,17,18,19). The monoisotopic (exact) mass is 312 g/mol. The minimum absolute atomic E-state index is 0.348. The Morgan fingerprint density at radius 3 is 2.33 bits per heavy atom. The molecule has 120 valence electrons. The Hall–Kier alpha value is -1.24. The van der Waals surface area contributed by atoms with Crippen molar-refractivity contribution in [3.05, 3.63) is 0 Å². The van der Waals surface area contributed by atoms with Crippen LogP contribution in [0.25, 0.3) is 0 Å². The van der Waals surface area contributed by atoms with E-state index in [1.54, 1.807) is 0 Å². The number of rotatable bonds is 10. The van der Waals surface area contributed by atoms with Crippen molar-refractivity contribution in [1.82, 2.24) is 15.0 Å². The van der Waals surface area contributed by atoms with Crippen LogP contribution in [0.3, 0.4) is 0 Å². The summed E-state index contributed by atoms with van der Waals surface area (Å²) in [5.41, 5.74) is 0. The average Bonchev–Trinajstić information content (AvgIpc) is 2.48. The first kappa shape index (κ1) is 17.8. The maximum absolute atomic E-state index is 4.54. The molecule has 1 aromatic heterocycles. The van der Waals surface area contributed by atoms with E-state index in [-0.39, 0.29) is 0 Å². The van der Waals surface area contributed by atoms with Crippen molar-refractivity contribution >= 4 is 29.6 Å². The molecular weight excluding hydrogens is 284 g/mol. The van der Waals surface area contributed by atoms with Gasteiger partial charge in [0.2, 0.25) is 17.8 Å². The van der Waals surface area contributed by atoms with Gasteiger partial charge in [-0.15, -0.1) is 0 Å². The summed E-state index contributed by atoms with van der Waals surface area (Å²) in [5.74, 6) is 4.28. The van der Waals surface area contributed by atoms with Crippen molar-refractivity contribution in [2.75, 3.05) is 47.2 Å². The van der Waals surface area contributed by atoms with Crippen LogP contribution in [-0.4, -0.2) is 52.6 Å². The van der Waals surface area contributed by atoms with Crippen LogP contribution in [0.2, 0.25) is 0 Å². The zero-order chi connectivity index (χ0) is 15.7. The highest BCUT2D eigenvalue weighted by molar-refractivity contribution is 7.99. The van der Waals surface area contributed by atoms with Gasteiger partial charge < -0.3 is 15.5 Å². The van der Waals surface area contributed by atoms with E-state index in [4.69, 9.17) is 0 Å². The molecule has 0 spiro atoms. The Labute approximate surface area is 132 Å². The second-order valence-electron chi connectivity index (χ2n) is 4.74. The largest absolute Gasteiger partial charge is 0.357 e. The van der Waals surface area contributed by atoms with E-state index < -0.39 is 0 Å². The molecule has 1 rings (SSSR count). The van der Waals surface area contributed by atoms with Crippen molar-refractivity contribution in [2.24, 2.45) is 0 Å². The predicted octanol–water partition coefficient (Wildman–Crippen LogP) is 2.70. The fraction of sp³-hybridized carbons (Fsp3) is 0.786. The first-order chi connectivity index (χ1) is 10.1. The van der Waals surface area contributed by atoms with Gasteiger partial charge in [0.05, 0.1) is 0 Å². The van der Waals surface area contributed by atoms with Gasteiger partial charge in [0.25, 0.3) is 0 Å². The topological polar surface area (TPSA) is 66.0 Å². The van der Waals surface area contributed by atoms with E-state index in [2.05, 4.69) is 58.2 Å². The van der Waals surface area contributed by atoms with Gasteiger partial charge in [-0.05, 0) is 38.7 Å². The maximum Gasteiger partial charge on any atom is 0.231 e. The van der Waals surface area contributed by atoms with Gasteiger partial charge in [0, 0.05) is 26.2 Å². The molecule has 21 heavy (non-hydrogen) atoms. The smallest absolute Gasteiger partial charge is 0.231 e. The number of aromatic nitrogens is 3. The van der Waals surface area contributed by atoms with Crippen molar-refractivity contribution in [3.63, 3.8) is 0 Å². The van der Waals surface area contributed by atoms with Gasteiger partial charge in [-0.25, -0.2) is 0 Å². The summed E-state index contributed by atoms with van der Waals surface area (Å²) in [6, 6.07) is 0.348. The van der Waals surface area contributed by atoms with Crippen LogP contribution in [0, 0.1) is 0 Å². The fourth-order valence-corrected chi connectivity index (χ4v) is 2.69. The fourth-order valence-electron chi connectivity index (χ4n) is 1.89. The number of anilines is 3. The van der Waals surface area contributed by atoms with Crippen molar-refractivity contribution in [2.45, 2.75) is 40.2 Å². The SMILES string of the molecule is CCSCCC(C)Nc1nc(NC)nc(N(CC)CC)n1. The lowest BCUT2D eigenvalue weighted by Gasteiger charge is -2.20. The van der Waals surface area contributed by atoms with Gasteiger partial charge in [-0.3, -0.25) is 0 Å². The molecule has 7 heteroatoms. The third-order valence-corrected chi connectivity index (χ3v) is 4.10. The zero-order valence-corrected chi connectivity index (χ0v) is 14.6. The highest BCUT2D eigenvalue weighted by Gasteiger charge is 2.12. The molecule has 6 nitrogen and oxygen atoms in total. The molecule has 0 fully saturated rings. The third-order valence-electron chi connectivity index (χ3n) is 3.17. The summed E-state index contributed by atoms with van der Waals surface area (Å²) in [7, 11) is 1.83. The van der Waals surface area contributed by atoms with E-state index in [0.717, 1.165) is 37.0 Å². The molecule has 1 aromatic rings. The van der Waals surface area contributed by atoms with Crippen molar-refractivity contribution < 1.29 is 0 Å². The van der Waals surface area contributed by atoms with Crippen LogP contribution in [0.1, 0.15) is 34.1 Å². The Balaban J connectivity index is 2.78.